The van der Waals surface area contributed by atoms with E-state index in [-0.39, 0.29) is 6.08 Å². The number of hydrogen-bond donors (Lipinski definition) is 0. The lowest BCUT2D eigenvalue weighted by Crippen LogP contribution is -2.13. The van der Waals surface area contributed by atoms with Crippen LogP contribution in [-0.4, -0.2) is 6.18 Å². The third kappa shape index (κ3) is 6.01. The normalized spacial score (nSPS) is 22.5. The van der Waals surface area contributed by atoms with Crippen LogP contribution < -0.4 is 0 Å². The number of alkyl halides is 3. The fourth-order valence-corrected chi connectivity index (χ4v) is 3.65. The summed E-state index contributed by atoms with van der Waals surface area (Å²) in [7, 11) is 0. The van der Waals surface area contributed by atoms with Gasteiger partial charge in [-0.15, -0.1) is 0 Å². The molecule has 1 aromatic rings. The maximum atomic E-state index is 12.3. The molecule has 0 unspecified atom stereocenters. The van der Waals surface area contributed by atoms with Crippen LogP contribution in [0.1, 0.15) is 62.5 Å². The molecule has 1 saturated carbocycles. The minimum Gasteiger partial charge on any atom is -0.167 e. The molecule has 4 heteroatoms. The monoisotopic (exact) mass is 356 g/mol. The molecule has 0 atom stereocenters. The fourth-order valence-electron chi connectivity index (χ4n) is 3.40. The van der Waals surface area contributed by atoms with E-state index >= 15 is 0 Å². The molecule has 0 spiro atoms. The van der Waals surface area contributed by atoms with Gasteiger partial charge in [0.1, 0.15) is 0 Å². The van der Waals surface area contributed by atoms with E-state index in [1.807, 2.05) is 19.1 Å². The first-order valence-electron chi connectivity index (χ1n) is 8.55. The fraction of sp³-hybridized carbons (Fsp3) is 0.500. The summed E-state index contributed by atoms with van der Waals surface area (Å²) in [6.07, 6.45) is 8.37. The van der Waals surface area contributed by atoms with Crippen molar-refractivity contribution in [3.8, 4) is 0 Å². The maximum absolute atomic E-state index is 12.3. The number of hydrogen-bond acceptors (Lipinski definition) is 0. The van der Waals surface area contributed by atoms with E-state index in [4.69, 9.17) is 11.6 Å². The lowest BCUT2D eigenvalue weighted by Gasteiger charge is -2.29. The van der Waals surface area contributed by atoms with Gasteiger partial charge in [-0.1, -0.05) is 35.9 Å². The number of halogens is 4. The first kappa shape index (κ1) is 19.1. The van der Waals surface area contributed by atoms with Crippen LogP contribution in [0.25, 0.3) is 6.08 Å². The van der Waals surface area contributed by atoms with Crippen molar-refractivity contribution in [1.29, 1.82) is 0 Å². The number of allylic oxidation sites excluding steroid dienone is 3. The Balaban J connectivity index is 1.94. The van der Waals surface area contributed by atoms with Crippen molar-refractivity contribution in [2.45, 2.75) is 57.5 Å². The van der Waals surface area contributed by atoms with Gasteiger partial charge in [0.2, 0.25) is 0 Å². The molecule has 0 bridgehead atoms. The third-order valence-electron chi connectivity index (χ3n) is 4.77. The number of benzene rings is 1. The first-order valence-corrected chi connectivity index (χ1v) is 8.93. The summed E-state index contributed by atoms with van der Waals surface area (Å²) in [5.74, 6) is 1.27. The highest BCUT2D eigenvalue weighted by molar-refractivity contribution is 6.32. The van der Waals surface area contributed by atoms with Crippen LogP contribution in [0.4, 0.5) is 13.2 Å². The zero-order valence-electron chi connectivity index (χ0n) is 14.0. The Morgan fingerprint density at radius 1 is 1.17 bits per heavy atom. The van der Waals surface area contributed by atoms with Gasteiger partial charge in [0, 0.05) is 11.1 Å². The molecule has 0 radical (unpaired) electrons. The predicted octanol–water partition coefficient (Wildman–Crippen LogP) is 7.55. The van der Waals surface area contributed by atoms with E-state index in [2.05, 4.69) is 12.2 Å². The van der Waals surface area contributed by atoms with Gasteiger partial charge in [0.15, 0.2) is 0 Å². The van der Waals surface area contributed by atoms with Gasteiger partial charge in [-0.05, 0) is 80.6 Å². The lowest BCUT2D eigenvalue weighted by molar-refractivity contribution is -0.0790. The Bertz CT molecular complexity index is 579. The van der Waals surface area contributed by atoms with Crippen molar-refractivity contribution >= 4 is 17.7 Å². The van der Waals surface area contributed by atoms with Crippen LogP contribution in [0, 0.1) is 5.92 Å². The smallest absolute Gasteiger partial charge is 0.167 e. The van der Waals surface area contributed by atoms with Crippen molar-refractivity contribution in [2.75, 3.05) is 0 Å². The van der Waals surface area contributed by atoms with E-state index in [1.165, 1.54) is 19.3 Å². The summed E-state index contributed by atoms with van der Waals surface area (Å²) in [4.78, 5) is 0. The molecule has 1 aliphatic rings. The zero-order valence-corrected chi connectivity index (χ0v) is 14.7. The van der Waals surface area contributed by atoms with Crippen LogP contribution in [0.15, 0.2) is 36.4 Å². The summed E-state index contributed by atoms with van der Waals surface area (Å²) in [6, 6.07) is 5.45. The molecule has 0 aromatic heterocycles. The average molecular weight is 357 g/mol. The Kier molecular flexibility index (Phi) is 6.97. The summed E-state index contributed by atoms with van der Waals surface area (Å²) >= 11 is 6.16. The van der Waals surface area contributed by atoms with E-state index in [0.29, 0.717) is 16.5 Å². The predicted molar refractivity (Wildman–Crippen MR) is 95.3 cm³/mol. The van der Waals surface area contributed by atoms with Crippen molar-refractivity contribution in [3.05, 3.63) is 52.6 Å². The van der Waals surface area contributed by atoms with Gasteiger partial charge in [0.25, 0.3) is 0 Å². The van der Waals surface area contributed by atoms with E-state index in [9.17, 15) is 13.2 Å². The highest BCUT2D eigenvalue weighted by atomic mass is 35.5. The second kappa shape index (κ2) is 8.75. The Labute approximate surface area is 147 Å². The lowest BCUT2D eigenvalue weighted by atomic mass is 9.77. The minimum atomic E-state index is -4.31. The van der Waals surface area contributed by atoms with Crippen LogP contribution in [-0.2, 0) is 0 Å². The Morgan fingerprint density at radius 2 is 1.88 bits per heavy atom. The molecule has 0 amide bonds. The van der Waals surface area contributed by atoms with Crippen molar-refractivity contribution in [2.24, 2.45) is 5.92 Å². The van der Waals surface area contributed by atoms with Crippen molar-refractivity contribution in [3.63, 3.8) is 0 Å². The SMILES string of the molecule is CC=CCCC1CCC(c2ccc(C=CC(F)(F)F)c(Cl)c2)CC1. The van der Waals surface area contributed by atoms with E-state index < -0.39 is 6.18 Å². The minimum absolute atomic E-state index is 0.226. The van der Waals surface area contributed by atoms with Crippen molar-refractivity contribution in [1.82, 2.24) is 0 Å². The summed E-state index contributed by atoms with van der Waals surface area (Å²) in [5.41, 5.74) is 1.56. The van der Waals surface area contributed by atoms with E-state index in [0.717, 1.165) is 36.8 Å². The second-order valence-electron chi connectivity index (χ2n) is 6.52. The largest absolute Gasteiger partial charge is 0.409 e. The molecule has 2 rings (SSSR count). The highest BCUT2D eigenvalue weighted by Gasteiger charge is 2.23. The first-order chi connectivity index (χ1) is 11.4. The molecule has 132 valence electrons. The molecule has 1 fully saturated rings. The quantitative estimate of drug-likeness (QED) is 0.478. The highest BCUT2D eigenvalue weighted by Crippen LogP contribution is 2.38. The Morgan fingerprint density at radius 3 is 2.46 bits per heavy atom. The van der Waals surface area contributed by atoms with Gasteiger partial charge in [0.05, 0.1) is 0 Å². The van der Waals surface area contributed by atoms with Gasteiger partial charge in [-0.2, -0.15) is 13.2 Å². The van der Waals surface area contributed by atoms with Crippen molar-refractivity contribution < 1.29 is 13.2 Å². The molecule has 0 N–H and O–H groups in total. The topological polar surface area (TPSA) is 0 Å². The third-order valence-corrected chi connectivity index (χ3v) is 5.10. The molecule has 0 saturated heterocycles. The summed E-state index contributed by atoms with van der Waals surface area (Å²) in [6.45, 7) is 2.05. The molecular weight excluding hydrogens is 333 g/mol. The molecule has 1 aromatic carbocycles. The van der Waals surface area contributed by atoms with Gasteiger partial charge in [-0.25, -0.2) is 0 Å². The molecule has 24 heavy (non-hydrogen) atoms. The standard InChI is InChI=1S/C20H24ClF3/c1-2-3-4-5-15-6-8-16(9-7-15)18-11-10-17(19(21)14-18)12-13-20(22,23)24/h2-3,10-16H,4-9H2,1H3. The van der Waals surface area contributed by atoms with Gasteiger partial charge < -0.3 is 0 Å². The maximum Gasteiger partial charge on any atom is 0.409 e. The average Bonchev–Trinajstić information content (AvgIpc) is 2.54. The molecule has 0 nitrogen and oxygen atoms in total. The zero-order chi connectivity index (χ0) is 17.6. The Hall–Kier alpha value is -1.22. The molecular formula is C20H24ClF3. The van der Waals surface area contributed by atoms with Crippen LogP contribution in [0.5, 0.6) is 0 Å². The molecule has 0 heterocycles. The van der Waals surface area contributed by atoms with Gasteiger partial charge >= 0.3 is 6.18 Å². The van der Waals surface area contributed by atoms with E-state index in [1.54, 1.807) is 6.07 Å². The molecule has 1 aliphatic carbocycles. The molecule has 0 aliphatic heterocycles. The van der Waals surface area contributed by atoms with Crippen LogP contribution >= 0.6 is 11.6 Å². The van der Waals surface area contributed by atoms with Crippen LogP contribution in [0.2, 0.25) is 5.02 Å². The number of rotatable bonds is 5. The summed E-state index contributed by atoms with van der Waals surface area (Å²) in [5, 5.41) is 0.392. The summed E-state index contributed by atoms with van der Waals surface area (Å²) < 4.78 is 36.8. The second-order valence-corrected chi connectivity index (χ2v) is 6.93. The van der Waals surface area contributed by atoms with Gasteiger partial charge in [-0.3, -0.25) is 0 Å². The van der Waals surface area contributed by atoms with Crippen LogP contribution in [0.3, 0.4) is 0 Å².